The van der Waals surface area contributed by atoms with Crippen molar-refractivity contribution in [1.82, 2.24) is 0 Å². The average molecular weight is 272 g/mol. The van der Waals surface area contributed by atoms with Gasteiger partial charge in [0.15, 0.2) is 0 Å². The summed E-state index contributed by atoms with van der Waals surface area (Å²) in [5.74, 6) is -0.569. The predicted molar refractivity (Wildman–Crippen MR) is 77.2 cm³/mol. The highest BCUT2D eigenvalue weighted by molar-refractivity contribution is 6.01. The van der Waals surface area contributed by atoms with Crippen LogP contribution in [0, 0.1) is 11.6 Å². The fourth-order valence-electron chi connectivity index (χ4n) is 1.65. The maximum atomic E-state index is 12.8. The molecule has 20 heavy (non-hydrogen) atoms. The van der Waals surface area contributed by atoms with Crippen molar-refractivity contribution in [1.29, 1.82) is 0 Å². The lowest BCUT2D eigenvalue weighted by atomic mass is 10.1. The van der Waals surface area contributed by atoms with E-state index in [1.54, 1.807) is 38.1 Å². The molecule has 2 rings (SSSR count). The molecular weight excluding hydrogens is 258 g/mol. The average Bonchev–Trinajstić information content (AvgIpc) is 2.46. The zero-order chi connectivity index (χ0) is 14.5. The van der Waals surface area contributed by atoms with Crippen LogP contribution < -0.4 is 0 Å². The van der Waals surface area contributed by atoms with Crippen LogP contribution in [0.1, 0.15) is 25.0 Å². The molecule has 0 aromatic heterocycles. The highest BCUT2D eigenvalue weighted by atomic mass is 19.1. The molecule has 0 aliphatic heterocycles. The number of nitrogens with zero attached hydrogens (tertiary/aromatic N) is 2. The first kappa shape index (κ1) is 14.1. The lowest BCUT2D eigenvalue weighted by molar-refractivity contribution is 0.627. The first-order valence-electron chi connectivity index (χ1n) is 6.17. The Hall–Kier alpha value is -2.36. The molecule has 0 radical (unpaired) electrons. The van der Waals surface area contributed by atoms with E-state index < -0.39 is 0 Å². The molecule has 0 bridgehead atoms. The Labute approximate surface area is 116 Å². The van der Waals surface area contributed by atoms with Gasteiger partial charge in [0.25, 0.3) is 0 Å². The van der Waals surface area contributed by atoms with Gasteiger partial charge in [0.1, 0.15) is 11.6 Å². The van der Waals surface area contributed by atoms with Gasteiger partial charge in [-0.3, -0.25) is 0 Å². The van der Waals surface area contributed by atoms with Gasteiger partial charge in [0.05, 0.1) is 11.4 Å². The van der Waals surface area contributed by atoms with Gasteiger partial charge in [-0.05, 0) is 49.2 Å². The van der Waals surface area contributed by atoms with E-state index in [0.717, 1.165) is 11.1 Å². The topological polar surface area (TPSA) is 24.7 Å². The van der Waals surface area contributed by atoms with E-state index >= 15 is 0 Å². The van der Waals surface area contributed by atoms with E-state index in [0.29, 0.717) is 11.4 Å². The summed E-state index contributed by atoms with van der Waals surface area (Å²) >= 11 is 0. The molecule has 0 heterocycles. The third-order valence-corrected chi connectivity index (χ3v) is 2.87. The summed E-state index contributed by atoms with van der Waals surface area (Å²) in [6, 6.07) is 12.1. The van der Waals surface area contributed by atoms with Crippen LogP contribution in [0.15, 0.2) is 58.7 Å². The Morgan fingerprint density at radius 3 is 1.25 bits per heavy atom. The normalized spacial score (nSPS) is 12.6. The van der Waals surface area contributed by atoms with E-state index in [1.807, 2.05) is 0 Å². The minimum absolute atomic E-state index is 0.285. The van der Waals surface area contributed by atoms with Gasteiger partial charge in [-0.2, -0.15) is 10.2 Å². The van der Waals surface area contributed by atoms with Gasteiger partial charge in [-0.25, -0.2) is 8.78 Å². The van der Waals surface area contributed by atoms with E-state index in [2.05, 4.69) is 10.2 Å². The van der Waals surface area contributed by atoms with Crippen molar-refractivity contribution in [3.05, 3.63) is 71.3 Å². The minimum Gasteiger partial charge on any atom is -0.207 e. The molecule has 0 amide bonds. The third kappa shape index (κ3) is 3.57. The molecule has 2 aromatic rings. The van der Waals surface area contributed by atoms with Crippen LogP contribution in [-0.2, 0) is 0 Å². The summed E-state index contributed by atoms with van der Waals surface area (Å²) in [6.45, 7) is 3.60. The zero-order valence-corrected chi connectivity index (χ0v) is 11.3. The Morgan fingerprint density at radius 2 is 0.950 bits per heavy atom. The van der Waals surface area contributed by atoms with Crippen LogP contribution in [0.5, 0.6) is 0 Å². The van der Waals surface area contributed by atoms with Gasteiger partial charge in [0.2, 0.25) is 0 Å². The fraction of sp³-hybridized carbons (Fsp3) is 0.125. The highest BCUT2D eigenvalue weighted by Gasteiger charge is 1.99. The number of rotatable bonds is 3. The van der Waals surface area contributed by atoms with Crippen molar-refractivity contribution in [2.75, 3.05) is 0 Å². The summed E-state index contributed by atoms with van der Waals surface area (Å²) < 4.78 is 25.6. The minimum atomic E-state index is -0.285. The van der Waals surface area contributed by atoms with Crippen LogP contribution in [-0.4, -0.2) is 11.4 Å². The lowest BCUT2D eigenvalue weighted by Gasteiger charge is -2.00. The third-order valence-electron chi connectivity index (χ3n) is 2.87. The number of hydrogen-bond acceptors (Lipinski definition) is 2. The molecule has 102 valence electrons. The van der Waals surface area contributed by atoms with Crippen molar-refractivity contribution < 1.29 is 8.78 Å². The number of halogens is 2. The fourth-order valence-corrected chi connectivity index (χ4v) is 1.65. The molecule has 0 N–H and O–H groups in total. The van der Waals surface area contributed by atoms with E-state index in [9.17, 15) is 8.78 Å². The molecule has 0 atom stereocenters. The van der Waals surface area contributed by atoms with Gasteiger partial charge in [-0.1, -0.05) is 24.3 Å². The second kappa shape index (κ2) is 6.19. The molecule has 0 saturated heterocycles. The molecule has 0 saturated carbocycles. The molecular formula is C16H14F2N2. The summed E-state index contributed by atoms with van der Waals surface area (Å²) in [5, 5.41) is 8.22. The molecule has 2 nitrogen and oxygen atoms in total. The van der Waals surface area contributed by atoms with E-state index in [-0.39, 0.29) is 11.6 Å². The van der Waals surface area contributed by atoms with E-state index in [4.69, 9.17) is 0 Å². The monoisotopic (exact) mass is 272 g/mol. The standard InChI is InChI=1S/C16H14F2N2/c1-11(13-3-7-15(17)8-4-13)19-20-12(2)14-5-9-16(18)10-6-14/h3-10H,1-2H3. The predicted octanol–water partition coefficient (Wildman–Crippen LogP) is 4.20. The molecule has 2 aromatic carbocycles. The van der Waals surface area contributed by atoms with Gasteiger partial charge >= 0.3 is 0 Å². The summed E-state index contributed by atoms with van der Waals surface area (Å²) in [6.07, 6.45) is 0. The summed E-state index contributed by atoms with van der Waals surface area (Å²) in [4.78, 5) is 0. The van der Waals surface area contributed by atoms with Gasteiger partial charge < -0.3 is 0 Å². The summed E-state index contributed by atoms with van der Waals surface area (Å²) in [5.41, 5.74) is 2.99. The molecule has 0 fully saturated rings. The first-order valence-corrected chi connectivity index (χ1v) is 6.17. The maximum Gasteiger partial charge on any atom is 0.123 e. The second-order valence-electron chi connectivity index (χ2n) is 4.38. The van der Waals surface area contributed by atoms with Crippen LogP contribution >= 0.6 is 0 Å². The van der Waals surface area contributed by atoms with Crippen LogP contribution in [0.2, 0.25) is 0 Å². The molecule has 0 aliphatic rings. The van der Waals surface area contributed by atoms with Crippen LogP contribution in [0.3, 0.4) is 0 Å². The number of hydrogen-bond donors (Lipinski definition) is 0. The first-order chi connectivity index (χ1) is 9.56. The largest absolute Gasteiger partial charge is 0.207 e. The lowest BCUT2D eigenvalue weighted by Crippen LogP contribution is -1.97. The zero-order valence-electron chi connectivity index (χ0n) is 11.3. The second-order valence-corrected chi connectivity index (χ2v) is 4.38. The SMILES string of the molecule is CC(=NN=C(C)c1ccc(F)cc1)c1ccc(F)cc1. The Kier molecular flexibility index (Phi) is 4.35. The smallest absolute Gasteiger partial charge is 0.123 e. The van der Waals surface area contributed by atoms with Crippen LogP contribution in [0.4, 0.5) is 8.78 Å². The van der Waals surface area contributed by atoms with Crippen molar-refractivity contribution in [3.8, 4) is 0 Å². The van der Waals surface area contributed by atoms with Crippen LogP contribution in [0.25, 0.3) is 0 Å². The van der Waals surface area contributed by atoms with Crippen molar-refractivity contribution in [3.63, 3.8) is 0 Å². The van der Waals surface area contributed by atoms with E-state index in [1.165, 1.54) is 24.3 Å². The highest BCUT2D eigenvalue weighted by Crippen LogP contribution is 2.07. The van der Waals surface area contributed by atoms with Gasteiger partial charge in [0, 0.05) is 0 Å². The molecule has 0 spiro atoms. The molecule has 4 heteroatoms. The number of benzene rings is 2. The maximum absolute atomic E-state index is 12.8. The van der Waals surface area contributed by atoms with Crippen molar-refractivity contribution in [2.45, 2.75) is 13.8 Å². The van der Waals surface area contributed by atoms with Crippen molar-refractivity contribution >= 4 is 11.4 Å². The Bertz CT molecular complexity index is 582. The summed E-state index contributed by atoms with van der Waals surface area (Å²) in [7, 11) is 0. The Balaban J connectivity index is 2.19. The molecule has 0 aliphatic carbocycles. The van der Waals surface area contributed by atoms with Gasteiger partial charge in [-0.15, -0.1) is 0 Å². The van der Waals surface area contributed by atoms with Crippen molar-refractivity contribution in [2.24, 2.45) is 10.2 Å². The molecule has 0 unspecified atom stereocenters. The Morgan fingerprint density at radius 1 is 0.650 bits per heavy atom. The quantitative estimate of drug-likeness (QED) is 0.591.